The van der Waals surface area contributed by atoms with Gasteiger partial charge in [-0.1, -0.05) is 18.2 Å². The highest BCUT2D eigenvalue weighted by Gasteiger charge is 2.25. The van der Waals surface area contributed by atoms with Gasteiger partial charge in [0.25, 0.3) is 5.91 Å². The molecule has 1 saturated heterocycles. The molecule has 0 spiro atoms. The van der Waals surface area contributed by atoms with Crippen molar-refractivity contribution in [2.45, 2.75) is 19.3 Å². The molecule has 1 aromatic carbocycles. The fourth-order valence-corrected chi connectivity index (χ4v) is 4.63. The fourth-order valence-electron chi connectivity index (χ4n) is 3.79. The lowest BCUT2D eigenvalue weighted by atomic mass is 10.2. The molecule has 0 N–H and O–H groups in total. The number of amides is 2. The van der Waals surface area contributed by atoms with E-state index in [9.17, 15) is 9.59 Å². The largest absolute Gasteiger partial charge is 0.459 e. The summed E-state index contributed by atoms with van der Waals surface area (Å²) in [5.41, 5.74) is 1.48. The standard InChI is InChI=1S/C23H21N3O4S/c27-21-9-3-10-25(21)11-5-12-26(22(28)19-8-4-13-29-19)23-24-17(15-31-23)20-14-16-6-1-2-7-18(16)30-20/h1-2,4,6-8,13-15H,3,5,9-12H2. The number of aromatic nitrogens is 1. The van der Waals surface area contributed by atoms with E-state index in [1.807, 2.05) is 40.6 Å². The lowest BCUT2D eigenvalue weighted by molar-refractivity contribution is -0.127. The van der Waals surface area contributed by atoms with Crippen molar-refractivity contribution in [2.75, 3.05) is 24.5 Å². The smallest absolute Gasteiger partial charge is 0.295 e. The van der Waals surface area contributed by atoms with Crippen LogP contribution in [0.4, 0.5) is 5.13 Å². The Morgan fingerprint density at radius 2 is 2.13 bits per heavy atom. The van der Waals surface area contributed by atoms with Crippen molar-refractivity contribution in [3.8, 4) is 11.5 Å². The number of thiazole rings is 1. The lowest BCUT2D eigenvalue weighted by Crippen LogP contribution is -2.34. The molecule has 1 fully saturated rings. The molecule has 158 valence electrons. The van der Waals surface area contributed by atoms with Crippen molar-refractivity contribution in [3.63, 3.8) is 0 Å². The Morgan fingerprint density at radius 1 is 1.23 bits per heavy atom. The van der Waals surface area contributed by atoms with Crippen LogP contribution in [0, 0.1) is 0 Å². The third-order valence-electron chi connectivity index (χ3n) is 5.36. The molecule has 4 aromatic rings. The van der Waals surface area contributed by atoms with Gasteiger partial charge < -0.3 is 13.7 Å². The van der Waals surface area contributed by atoms with Crippen molar-refractivity contribution in [3.05, 3.63) is 59.9 Å². The molecule has 4 heterocycles. The van der Waals surface area contributed by atoms with Crippen molar-refractivity contribution in [1.82, 2.24) is 9.88 Å². The molecule has 2 amide bonds. The summed E-state index contributed by atoms with van der Waals surface area (Å²) in [7, 11) is 0. The molecule has 0 unspecified atom stereocenters. The Balaban J connectivity index is 1.38. The van der Waals surface area contributed by atoms with Crippen LogP contribution >= 0.6 is 11.3 Å². The van der Waals surface area contributed by atoms with E-state index in [1.165, 1.54) is 17.6 Å². The number of hydrogen-bond donors (Lipinski definition) is 0. The molecular weight excluding hydrogens is 414 g/mol. The molecule has 3 aromatic heterocycles. The summed E-state index contributed by atoms with van der Waals surface area (Å²) in [6.45, 7) is 1.86. The minimum atomic E-state index is -0.247. The molecule has 1 aliphatic rings. The van der Waals surface area contributed by atoms with E-state index in [0.717, 1.165) is 23.9 Å². The average Bonchev–Trinajstić information content (AvgIpc) is 3.58. The van der Waals surface area contributed by atoms with Crippen LogP contribution in [0.3, 0.4) is 0 Å². The van der Waals surface area contributed by atoms with Crippen molar-refractivity contribution in [1.29, 1.82) is 0 Å². The summed E-state index contributed by atoms with van der Waals surface area (Å²) in [5, 5.41) is 3.47. The third-order valence-corrected chi connectivity index (χ3v) is 6.22. The van der Waals surface area contributed by atoms with Crippen LogP contribution in [0.15, 0.2) is 62.9 Å². The first-order chi connectivity index (χ1) is 15.2. The van der Waals surface area contributed by atoms with Crippen LogP contribution < -0.4 is 4.90 Å². The normalized spacial score (nSPS) is 13.9. The molecule has 7 nitrogen and oxygen atoms in total. The highest BCUT2D eigenvalue weighted by atomic mass is 32.1. The molecule has 0 radical (unpaired) electrons. The average molecular weight is 436 g/mol. The van der Waals surface area contributed by atoms with Crippen LogP contribution in [0.5, 0.6) is 0 Å². The quantitative estimate of drug-likeness (QED) is 0.416. The Kier molecular flexibility index (Phi) is 5.30. The zero-order valence-electron chi connectivity index (χ0n) is 16.8. The number of fused-ring (bicyclic) bond motifs is 1. The minimum absolute atomic E-state index is 0.185. The second-order valence-corrected chi connectivity index (χ2v) is 8.27. The van der Waals surface area contributed by atoms with Gasteiger partial charge in [-0.15, -0.1) is 11.3 Å². The predicted octanol–water partition coefficient (Wildman–Crippen LogP) is 4.81. The maximum absolute atomic E-state index is 13.1. The third kappa shape index (κ3) is 3.98. The van der Waals surface area contributed by atoms with Gasteiger partial charge in [-0.05, 0) is 37.1 Å². The summed E-state index contributed by atoms with van der Waals surface area (Å²) in [5.74, 6) is 0.864. The number of likely N-dealkylation sites (tertiary alicyclic amines) is 1. The van der Waals surface area contributed by atoms with Crippen LogP contribution in [0.1, 0.15) is 29.8 Å². The van der Waals surface area contributed by atoms with Gasteiger partial charge in [0, 0.05) is 36.8 Å². The number of carbonyl (C=O) groups excluding carboxylic acids is 2. The molecule has 31 heavy (non-hydrogen) atoms. The highest BCUT2D eigenvalue weighted by Crippen LogP contribution is 2.32. The van der Waals surface area contributed by atoms with E-state index in [4.69, 9.17) is 8.83 Å². The Hall–Kier alpha value is -3.39. The molecule has 5 rings (SSSR count). The monoisotopic (exact) mass is 435 g/mol. The Labute approximate surface area is 182 Å². The van der Waals surface area contributed by atoms with Gasteiger partial charge in [-0.25, -0.2) is 4.98 Å². The summed E-state index contributed by atoms with van der Waals surface area (Å²) in [6, 6.07) is 13.1. The number of carbonyl (C=O) groups is 2. The maximum atomic E-state index is 13.1. The molecule has 0 aliphatic carbocycles. The zero-order valence-corrected chi connectivity index (χ0v) is 17.6. The van der Waals surface area contributed by atoms with Gasteiger partial charge in [-0.3, -0.25) is 14.5 Å². The van der Waals surface area contributed by atoms with Crippen molar-refractivity contribution < 1.29 is 18.4 Å². The number of benzene rings is 1. The summed E-state index contributed by atoms with van der Waals surface area (Å²) >= 11 is 1.38. The maximum Gasteiger partial charge on any atom is 0.295 e. The molecule has 0 bridgehead atoms. The number of hydrogen-bond acceptors (Lipinski definition) is 6. The lowest BCUT2D eigenvalue weighted by Gasteiger charge is -2.21. The molecule has 1 aliphatic heterocycles. The highest BCUT2D eigenvalue weighted by molar-refractivity contribution is 7.14. The fraction of sp³-hybridized carbons (Fsp3) is 0.261. The summed E-state index contributed by atoms with van der Waals surface area (Å²) < 4.78 is 11.2. The van der Waals surface area contributed by atoms with Gasteiger partial charge >= 0.3 is 0 Å². The van der Waals surface area contributed by atoms with Crippen molar-refractivity contribution >= 4 is 39.3 Å². The minimum Gasteiger partial charge on any atom is -0.459 e. The summed E-state index contributed by atoms with van der Waals surface area (Å²) in [4.78, 5) is 33.1. The first-order valence-corrected chi connectivity index (χ1v) is 11.1. The van der Waals surface area contributed by atoms with E-state index in [-0.39, 0.29) is 17.6 Å². The van der Waals surface area contributed by atoms with Gasteiger partial charge in [-0.2, -0.15) is 0 Å². The number of nitrogens with zero attached hydrogens (tertiary/aromatic N) is 3. The van der Waals surface area contributed by atoms with Crippen LogP contribution in [0.25, 0.3) is 22.4 Å². The topological polar surface area (TPSA) is 79.8 Å². The van der Waals surface area contributed by atoms with E-state index in [1.54, 1.807) is 17.0 Å². The first-order valence-electron chi connectivity index (χ1n) is 10.3. The number of rotatable bonds is 7. The summed E-state index contributed by atoms with van der Waals surface area (Å²) in [6.07, 6.45) is 3.66. The number of para-hydroxylation sites is 1. The Bertz CT molecular complexity index is 1180. The van der Waals surface area contributed by atoms with Crippen LogP contribution in [-0.2, 0) is 4.79 Å². The van der Waals surface area contributed by atoms with Gasteiger partial charge in [0.2, 0.25) is 5.91 Å². The van der Waals surface area contributed by atoms with Gasteiger partial charge in [0.05, 0.1) is 6.26 Å². The zero-order chi connectivity index (χ0) is 21.2. The van der Waals surface area contributed by atoms with E-state index >= 15 is 0 Å². The second kappa shape index (κ2) is 8.39. The van der Waals surface area contributed by atoms with Crippen LogP contribution in [0.2, 0.25) is 0 Å². The molecule has 0 saturated carbocycles. The molecular formula is C23H21N3O4S. The van der Waals surface area contributed by atoms with Gasteiger partial charge in [0.1, 0.15) is 11.3 Å². The van der Waals surface area contributed by atoms with E-state index in [2.05, 4.69) is 4.98 Å². The SMILES string of the molecule is O=C1CCCN1CCCN(C(=O)c1ccco1)c1nc(-c2cc3ccccc3o2)cs1. The molecule has 8 heteroatoms. The molecule has 0 atom stereocenters. The van der Waals surface area contributed by atoms with E-state index in [0.29, 0.717) is 42.5 Å². The number of anilines is 1. The van der Waals surface area contributed by atoms with Crippen LogP contribution in [-0.4, -0.2) is 41.3 Å². The van der Waals surface area contributed by atoms with Gasteiger partial charge in [0.15, 0.2) is 16.7 Å². The van der Waals surface area contributed by atoms with E-state index < -0.39 is 0 Å². The van der Waals surface area contributed by atoms with Crippen molar-refractivity contribution in [2.24, 2.45) is 0 Å². The second-order valence-electron chi connectivity index (χ2n) is 7.44. The number of furan rings is 2. The Morgan fingerprint density at radius 3 is 2.90 bits per heavy atom. The predicted molar refractivity (Wildman–Crippen MR) is 118 cm³/mol. The first kappa shape index (κ1) is 19.6.